The van der Waals surface area contributed by atoms with Gasteiger partial charge < -0.3 is 24.2 Å². The second kappa shape index (κ2) is 7.00. The average molecular weight is 403 g/mol. The lowest BCUT2D eigenvalue weighted by molar-refractivity contribution is -0.933. The minimum Gasteiger partial charge on any atom is -0.497 e. The Labute approximate surface area is 166 Å². The molecule has 2 saturated heterocycles. The van der Waals surface area contributed by atoms with Gasteiger partial charge in [-0.2, -0.15) is 9.61 Å². The van der Waals surface area contributed by atoms with Crippen molar-refractivity contribution >= 4 is 16.3 Å². The Bertz CT molecular complexity index is 954. The van der Waals surface area contributed by atoms with Crippen LogP contribution in [-0.4, -0.2) is 58.9 Å². The fourth-order valence-corrected chi connectivity index (χ4v) is 5.39. The normalized spacial score (nSPS) is 20.8. The first-order valence-corrected chi connectivity index (χ1v) is 10.3. The van der Waals surface area contributed by atoms with E-state index in [1.165, 1.54) is 27.1 Å². The molecule has 8 nitrogen and oxygen atoms in total. The van der Waals surface area contributed by atoms with Crippen LogP contribution in [0, 0.1) is 0 Å². The van der Waals surface area contributed by atoms with Gasteiger partial charge in [0.15, 0.2) is 11.8 Å². The molecule has 0 bridgehead atoms. The largest absolute Gasteiger partial charge is 0.497 e. The summed E-state index contributed by atoms with van der Waals surface area (Å²) in [4.78, 5) is 7.19. The van der Waals surface area contributed by atoms with Crippen LogP contribution in [0.25, 0.3) is 4.96 Å². The average Bonchev–Trinajstić information content (AvgIpc) is 3.44. The third-order valence-corrected chi connectivity index (χ3v) is 6.82. The van der Waals surface area contributed by atoms with Crippen molar-refractivity contribution in [2.75, 3.05) is 33.4 Å². The number of benzene rings is 1. The second-order valence-corrected chi connectivity index (χ2v) is 8.23. The molecule has 1 spiro atoms. The number of nitrogens with one attached hydrogen (secondary N) is 1. The Morgan fingerprint density at radius 2 is 1.93 bits per heavy atom. The number of quaternary nitrogens is 1. The molecular formula is C19H23N4O4S+. The summed E-state index contributed by atoms with van der Waals surface area (Å²) < 4.78 is 18.6. The van der Waals surface area contributed by atoms with Crippen LogP contribution in [0.2, 0.25) is 0 Å². The van der Waals surface area contributed by atoms with Gasteiger partial charge in [0.05, 0.1) is 46.3 Å². The molecule has 148 valence electrons. The minimum atomic E-state index is -0.415. The Morgan fingerprint density at radius 1 is 1.21 bits per heavy atom. The van der Waals surface area contributed by atoms with Crippen molar-refractivity contribution in [3.63, 3.8) is 0 Å². The fraction of sp³-hybridized carbons (Fsp3) is 0.474. The zero-order valence-corrected chi connectivity index (χ0v) is 16.4. The van der Waals surface area contributed by atoms with Gasteiger partial charge in [-0.05, 0) is 24.3 Å². The van der Waals surface area contributed by atoms with Gasteiger partial charge in [-0.15, -0.1) is 0 Å². The summed E-state index contributed by atoms with van der Waals surface area (Å²) >= 11 is 1.49. The maximum atomic E-state index is 10.8. The standard InChI is InChI=1S/C19H22N4O4S/c1-25-14-4-2-13(3-5-14)15(16-17(24)23-18(28-16)20-12-21-23)22-8-6-19(7-9-22)26-10-11-27-19/h2-5,12,15,24H,6-11H2,1H3/p+1/t15-/m0/s1. The Kier molecular flexibility index (Phi) is 4.47. The number of piperidine rings is 1. The van der Waals surface area contributed by atoms with E-state index < -0.39 is 5.79 Å². The van der Waals surface area contributed by atoms with Gasteiger partial charge in [0.1, 0.15) is 17.0 Å². The zero-order valence-electron chi connectivity index (χ0n) is 15.6. The molecule has 2 fully saturated rings. The fourth-order valence-electron chi connectivity index (χ4n) is 4.28. The Balaban J connectivity index is 1.51. The number of hydrogen-bond donors (Lipinski definition) is 2. The molecule has 4 heterocycles. The van der Waals surface area contributed by atoms with E-state index in [0.717, 1.165) is 42.1 Å². The van der Waals surface area contributed by atoms with E-state index in [9.17, 15) is 5.11 Å². The maximum Gasteiger partial charge on any atom is 0.235 e. The van der Waals surface area contributed by atoms with Crippen molar-refractivity contribution in [3.8, 4) is 11.6 Å². The van der Waals surface area contributed by atoms with Crippen molar-refractivity contribution in [2.24, 2.45) is 0 Å². The first kappa shape index (κ1) is 17.9. The number of nitrogens with zero attached hydrogens (tertiary/aromatic N) is 3. The van der Waals surface area contributed by atoms with Gasteiger partial charge in [0.2, 0.25) is 10.8 Å². The van der Waals surface area contributed by atoms with Crippen LogP contribution in [0.15, 0.2) is 30.6 Å². The molecule has 2 aliphatic rings. The molecular weight excluding hydrogens is 380 g/mol. The van der Waals surface area contributed by atoms with Gasteiger partial charge in [-0.25, -0.2) is 4.98 Å². The van der Waals surface area contributed by atoms with E-state index in [-0.39, 0.29) is 11.9 Å². The summed E-state index contributed by atoms with van der Waals surface area (Å²) in [6, 6.07) is 8.05. The molecule has 1 aromatic carbocycles. The van der Waals surface area contributed by atoms with Crippen molar-refractivity contribution < 1.29 is 24.2 Å². The molecule has 2 N–H and O–H groups in total. The SMILES string of the molecule is COc1ccc([C@@H](c2sc3ncnn3c2O)[NH+]2CCC3(CC2)OCCO3)cc1. The quantitative estimate of drug-likeness (QED) is 0.677. The summed E-state index contributed by atoms with van der Waals surface area (Å²) in [6.45, 7) is 3.13. The number of aromatic nitrogens is 3. The van der Waals surface area contributed by atoms with Crippen molar-refractivity contribution in [2.45, 2.75) is 24.7 Å². The summed E-state index contributed by atoms with van der Waals surface area (Å²) in [6.07, 6.45) is 3.15. The highest BCUT2D eigenvalue weighted by atomic mass is 32.1. The molecule has 5 rings (SSSR count). The van der Waals surface area contributed by atoms with Gasteiger partial charge in [0.25, 0.3) is 0 Å². The third kappa shape index (κ3) is 2.95. The lowest BCUT2D eigenvalue weighted by Gasteiger charge is -2.38. The zero-order chi connectivity index (χ0) is 19.1. The van der Waals surface area contributed by atoms with E-state index in [1.54, 1.807) is 7.11 Å². The molecule has 0 unspecified atom stereocenters. The maximum absolute atomic E-state index is 10.8. The van der Waals surface area contributed by atoms with Crippen molar-refractivity contribution in [3.05, 3.63) is 41.0 Å². The number of methoxy groups -OCH3 is 1. The van der Waals surface area contributed by atoms with Crippen LogP contribution in [0.4, 0.5) is 0 Å². The van der Waals surface area contributed by atoms with Crippen LogP contribution in [0.5, 0.6) is 11.6 Å². The Hall–Kier alpha value is -2.20. The predicted molar refractivity (Wildman–Crippen MR) is 102 cm³/mol. The highest BCUT2D eigenvalue weighted by molar-refractivity contribution is 7.17. The third-order valence-electron chi connectivity index (χ3n) is 5.73. The van der Waals surface area contributed by atoms with E-state index in [0.29, 0.717) is 18.2 Å². The molecule has 0 aliphatic carbocycles. The van der Waals surface area contributed by atoms with Gasteiger partial charge in [-0.1, -0.05) is 11.3 Å². The summed E-state index contributed by atoms with van der Waals surface area (Å²) in [5, 5.41) is 15.0. The van der Waals surface area contributed by atoms with Crippen molar-refractivity contribution in [1.29, 1.82) is 0 Å². The van der Waals surface area contributed by atoms with Crippen LogP contribution < -0.4 is 9.64 Å². The highest BCUT2D eigenvalue weighted by Crippen LogP contribution is 2.36. The van der Waals surface area contributed by atoms with E-state index in [1.807, 2.05) is 12.1 Å². The highest BCUT2D eigenvalue weighted by Gasteiger charge is 2.44. The van der Waals surface area contributed by atoms with Gasteiger partial charge >= 0.3 is 0 Å². The van der Waals surface area contributed by atoms with E-state index >= 15 is 0 Å². The number of ether oxygens (including phenoxy) is 3. The number of hydrogen-bond acceptors (Lipinski definition) is 7. The van der Waals surface area contributed by atoms with Gasteiger partial charge in [0, 0.05) is 5.56 Å². The predicted octanol–water partition coefficient (Wildman–Crippen LogP) is 1.02. The molecule has 2 aromatic heterocycles. The minimum absolute atomic E-state index is 0.0156. The topological polar surface area (TPSA) is 82.6 Å². The monoisotopic (exact) mass is 403 g/mol. The summed E-state index contributed by atoms with van der Waals surface area (Å²) in [5.41, 5.74) is 1.12. The summed E-state index contributed by atoms with van der Waals surface area (Å²) in [5.74, 6) is 0.566. The molecule has 1 atom stereocenters. The first-order valence-electron chi connectivity index (χ1n) is 9.47. The number of fused-ring (bicyclic) bond motifs is 1. The first-order chi connectivity index (χ1) is 13.7. The van der Waals surface area contributed by atoms with Crippen LogP contribution in [0.1, 0.15) is 29.3 Å². The van der Waals surface area contributed by atoms with E-state index in [2.05, 4.69) is 22.2 Å². The molecule has 28 heavy (non-hydrogen) atoms. The number of likely N-dealkylation sites (tertiary alicyclic amines) is 1. The van der Waals surface area contributed by atoms with Gasteiger partial charge in [-0.3, -0.25) is 0 Å². The summed E-state index contributed by atoms with van der Waals surface area (Å²) in [7, 11) is 1.66. The number of rotatable bonds is 4. The van der Waals surface area contributed by atoms with Crippen molar-refractivity contribution in [1.82, 2.24) is 14.6 Å². The van der Waals surface area contributed by atoms with Crippen LogP contribution in [-0.2, 0) is 9.47 Å². The number of aromatic hydroxyl groups is 1. The molecule has 9 heteroatoms. The lowest BCUT2D eigenvalue weighted by atomic mass is 9.97. The smallest absolute Gasteiger partial charge is 0.235 e. The molecule has 0 amide bonds. The van der Waals surface area contributed by atoms with E-state index in [4.69, 9.17) is 14.2 Å². The van der Waals surface area contributed by atoms with Crippen LogP contribution in [0.3, 0.4) is 0 Å². The molecule has 3 aromatic rings. The lowest BCUT2D eigenvalue weighted by Crippen LogP contribution is -3.14. The molecule has 0 radical (unpaired) electrons. The number of thiazole rings is 1. The molecule has 0 saturated carbocycles. The molecule has 2 aliphatic heterocycles. The Morgan fingerprint density at radius 3 is 2.57 bits per heavy atom. The van der Waals surface area contributed by atoms with Crippen LogP contribution >= 0.6 is 11.3 Å². The second-order valence-electron chi connectivity index (χ2n) is 7.22.